The van der Waals surface area contributed by atoms with E-state index in [2.05, 4.69) is 27.7 Å². The van der Waals surface area contributed by atoms with E-state index in [-0.39, 0.29) is 10.8 Å². The fraction of sp³-hybridized carbons (Fsp3) is 1.00. The molecule has 4 rings (SSSR count). The SMILES string of the molecule is CCC(C)(O)C12CC3CC(C1)CC(C(C)(O)CC)(C3)C2. The van der Waals surface area contributed by atoms with Gasteiger partial charge in [0.25, 0.3) is 0 Å². The number of aliphatic hydroxyl groups is 2. The highest BCUT2D eigenvalue weighted by molar-refractivity contribution is 5.16. The molecule has 116 valence electrons. The van der Waals surface area contributed by atoms with E-state index in [0.29, 0.717) is 0 Å². The van der Waals surface area contributed by atoms with Gasteiger partial charge >= 0.3 is 0 Å². The molecule has 2 heteroatoms. The molecule has 0 radical (unpaired) electrons. The summed E-state index contributed by atoms with van der Waals surface area (Å²) in [6.07, 6.45) is 8.78. The molecule has 2 N–H and O–H groups in total. The normalized spacial score (nSPS) is 48.9. The second kappa shape index (κ2) is 4.23. The lowest BCUT2D eigenvalue weighted by atomic mass is 9.38. The largest absolute Gasteiger partial charge is 0.390 e. The monoisotopic (exact) mass is 280 g/mol. The molecule has 4 aliphatic rings. The van der Waals surface area contributed by atoms with E-state index in [4.69, 9.17) is 0 Å². The maximum atomic E-state index is 11.1. The predicted octanol–water partition coefficient (Wildman–Crippen LogP) is 3.90. The van der Waals surface area contributed by atoms with Crippen LogP contribution in [0.2, 0.25) is 0 Å². The standard InChI is InChI=1S/C18H32O2/c1-5-15(3,19)17-8-13-7-14(9-17)11-18(10-13,12-17)16(4,20)6-2/h13-14,19-20H,5-12H2,1-4H3. The highest BCUT2D eigenvalue weighted by atomic mass is 16.3. The van der Waals surface area contributed by atoms with E-state index in [1.54, 1.807) is 0 Å². The molecule has 4 bridgehead atoms. The predicted molar refractivity (Wildman–Crippen MR) is 81.4 cm³/mol. The Hall–Kier alpha value is -0.0800. The molecule has 0 heterocycles. The molecule has 2 unspecified atom stereocenters. The van der Waals surface area contributed by atoms with Crippen LogP contribution in [0.15, 0.2) is 0 Å². The fourth-order valence-corrected chi connectivity index (χ4v) is 6.27. The van der Waals surface area contributed by atoms with Gasteiger partial charge in [-0.3, -0.25) is 0 Å². The molecule has 20 heavy (non-hydrogen) atoms. The summed E-state index contributed by atoms with van der Waals surface area (Å²) in [6.45, 7) is 8.33. The molecule has 0 spiro atoms. The van der Waals surface area contributed by atoms with Crippen LogP contribution >= 0.6 is 0 Å². The van der Waals surface area contributed by atoms with Crippen LogP contribution in [0.5, 0.6) is 0 Å². The van der Waals surface area contributed by atoms with Crippen molar-refractivity contribution in [2.75, 3.05) is 0 Å². The second-order valence-electron chi connectivity index (χ2n) is 8.78. The fourth-order valence-electron chi connectivity index (χ4n) is 6.27. The second-order valence-corrected chi connectivity index (χ2v) is 8.78. The van der Waals surface area contributed by atoms with Gasteiger partial charge in [-0.2, -0.15) is 0 Å². The Kier molecular flexibility index (Phi) is 3.14. The van der Waals surface area contributed by atoms with Crippen LogP contribution < -0.4 is 0 Å². The molecule has 0 amide bonds. The van der Waals surface area contributed by atoms with E-state index >= 15 is 0 Å². The number of rotatable bonds is 4. The third-order valence-corrected chi connectivity index (χ3v) is 7.72. The zero-order chi connectivity index (χ0) is 14.8. The van der Waals surface area contributed by atoms with Crippen molar-refractivity contribution < 1.29 is 10.2 Å². The van der Waals surface area contributed by atoms with Crippen LogP contribution in [0.3, 0.4) is 0 Å². The van der Waals surface area contributed by atoms with Gasteiger partial charge < -0.3 is 10.2 Å². The summed E-state index contributed by atoms with van der Waals surface area (Å²) in [4.78, 5) is 0. The summed E-state index contributed by atoms with van der Waals surface area (Å²) in [7, 11) is 0. The first-order valence-corrected chi connectivity index (χ1v) is 8.64. The molecule has 4 aliphatic carbocycles. The first kappa shape index (κ1) is 14.8. The Labute approximate surface area is 124 Å². The molecule has 0 aromatic carbocycles. The van der Waals surface area contributed by atoms with Gasteiger partial charge in [-0.05, 0) is 87.9 Å². The molecular formula is C18H32O2. The minimum absolute atomic E-state index is 0.0605. The van der Waals surface area contributed by atoms with Crippen LogP contribution in [-0.2, 0) is 0 Å². The third kappa shape index (κ3) is 1.76. The first-order chi connectivity index (χ1) is 9.19. The maximum absolute atomic E-state index is 11.1. The molecule has 0 aromatic rings. The van der Waals surface area contributed by atoms with Crippen molar-refractivity contribution in [3.05, 3.63) is 0 Å². The lowest BCUT2D eigenvalue weighted by Crippen LogP contribution is -2.65. The van der Waals surface area contributed by atoms with E-state index < -0.39 is 11.2 Å². The van der Waals surface area contributed by atoms with Crippen LogP contribution in [0.25, 0.3) is 0 Å². The van der Waals surface area contributed by atoms with Crippen molar-refractivity contribution in [1.29, 1.82) is 0 Å². The van der Waals surface area contributed by atoms with Crippen LogP contribution in [0.4, 0.5) is 0 Å². The summed E-state index contributed by atoms with van der Waals surface area (Å²) in [5.74, 6) is 1.46. The molecule has 0 aliphatic heterocycles. The lowest BCUT2D eigenvalue weighted by molar-refractivity contribution is -0.245. The first-order valence-electron chi connectivity index (χ1n) is 8.64. The van der Waals surface area contributed by atoms with Gasteiger partial charge in [0, 0.05) is 0 Å². The highest BCUT2D eigenvalue weighted by Gasteiger charge is 2.66. The zero-order valence-electron chi connectivity index (χ0n) is 13.7. The summed E-state index contributed by atoms with van der Waals surface area (Å²) in [5, 5.41) is 22.1. The maximum Gasteiger partial charge on any atom is 0.0673 e. The zero-order valence-corrected chi connectivity index (χ0v) is 13.7. The molecule has 2 nitrogen and oxygen atoms in total. The number of hydrogen-bond donors (Lipinski definition) is 2. The van der Waals surface area contributed by atoms with Crippen molar-refractivity contribution in [1.82, 2.24) is 0 Å². The molecule has 4 fully saturated rings. The van der Waals surface area contributed by atoms with Gasteiger partial charge in [0.2, 0.25) is 0 Å². The van der Waals surface area contributed by atoms with Gasteiger partial charge in [0.1, 0.15) is 0 Å². The van der Waals surface area contributed by atoms with Crippen molar-refractivity contribution in [2.24, 2.45) is 22.7 Å². The Morgan fingerprint density at radius 2 is 1.20 bits per heavy atom. The van der Waals surface area contributed by atoms with Gasteiger partial charge in [-0.1, -0.05) is 13.8 Å². The van der Waals surface area contributed by atoms with E-state index in [0.717, 1.165) is 31.1 Å². The van der Waals surface area contributed by atoms with E-state index in [1.165, 1.54) is 32.1 Å². The van der Waals surface area contributed by atoms with Crippen molar-refractivity contribution in [2.45, 2.75) is 90.3 Å². The minimum atomic E-state index is -0.570. The summed E-state index contributed by atoms with van der Waals surface area (Å²) < 4.78 is 0. The average molecular weight is 280 g/mol. The van der Waals surface area contributed by atoms with Crippen molar-refractivity contribution in [3.8, 4) is 0 Å². The van der Waals surface area contributed by atoms with Gasteiger partial charge in [0.15, 0.2) is 0 Å². The van der Waals surface area contributed by atoms with Gasteiger partial charge in [0.05, 0.1) is 11.2 Å². The summed E-state index contributed by atoms with van der Waals surface area (Å²) in [5.41, 5.74) is -1.02. The quantitative estimate of drug-likeness (QED) is 0.820. The van der Waals surface area contributed by atoms with E-state index in [9.17, 15) is 10.2 Å². The van der Waals surface area contributed by atoms with Crippen LogP contribution in [-0.4, -0.2) is 21.4 Å². The Bertz CT molecular complexity index is 348. The van der Waals surface area contributed by atoms with Crippen molar-refractivity contribution >= 4 is 0 Å². The molecule has 0 saturated heterocycles. The average Bonchev–Trinajstić information content (AvgIpc) is 2.36. The Balaban J connectivity index is 2.02. The number of hydrogen-bond acceptors (Lipinski definition) is 2. The summed E-state index contributed by atoms with van der Waals surface area (Å²) in [6, 6.07) is 0. The molecule has 4 saturated carbocycles. The van der Waals surface area contributed by atoms with Gasteiger partial charge in [-0.15, -0.1) is 0 Å². The Morgan fingerprint density at radius 1 is 0.850 bits per heavy atom. The smallest absolute Gasteiger partial charge is 0.0673 e. The lowest BCUT2D eigenvalue weighted by Gasteiger charge is -2.68. The van der Waals surface area contributed by atoms with Crippen LogP contribution in [0.1, 0.15) is 79.1 Å². The van der Waals surface area contributed by atoms with Crippen LogP contribution in [0, 0.1) is 22.7 Å². The molecular weight excluding hydrogens is 248 g/mol. The topological polar surface area (TPSA) is 40.5 Å². The molecule has 0 aromatic heterocycles. The van der Waals surface area contributed by atoms with Gasteiger partial charge in [-0.25, -0.2) is 0 Å². The van der Waals surface area contributed by atoms with E-state index in [1.807, 2.05) is 0 Å². The Morgan fingerprint density at radius 3 is 1.50 bits per heavy atom. The third-order valence-electron chi connectivity index (χ3n) is 7.72. The summed E-state index contributed by atoms with van der Waals surface area (Å²) >= 11 is 0. The minimum Gasteiger partial charge on any atom is -0.390 e. The molecule has 2 atom stereocenters. The highest BCUT2D eigenvalue weighted by Crippen LogP contribution is 2.71. The van der Waals surface area contributed by atoms with Crippen molar-refractivity contribution in [3.63, 3.8) is 0 Å².